The molecule has 1 aromatic carbocycles. The van der Waals surface area contributed by atoms with E-state index in [1.807, 2.05) is 13.0 Å². The number of ether oxygens (including phenoxy) is 2. The van der Waals surface area contributed by atoms with E-state index in [1.165, 1.54) is 0 Å². The van der Waals surface area contributed by atoms with Gasteiger partial charge in [-0.15, -0.1) is 0 Å². The maximum Gasteiger partial charge on any atom is 0.352 e. The smallest absolute Gasteiger partial charge is 0.352 e. The lowest BCUT2D eigenvalue weighted by atomic mass is 10.1. The first kappa shape index (κ1) is 15.2. The molecule has 0 aliphatic carbocycles. The van der Waals surface area contributed by atoms with Crippen LogP contribution in [0.25, 0.3) is 0 Å². The Labute approximate surface area is 113 Å². The summed E-state index contributed by atoms with van der Waals surface area (Å²) in [5.74, 6) is -0.928. The minimum Gasteiger partial charge on any atom is -0.463 e. The van der Waals surface area contributed by atoms with Gasteiger partial charge in [0.2, 0.25) is 6.10 Å². The Hall–Kier alpha value is -1.84. The highest BCUT2D eigenvalue weighted by Gasteiger charge is 2.25. The predicted octanol–water partition coefficient (Wildman–Crippen LogP) is 3.02. The normalized spacial score (nSPS) is 11.7. The third kappa shape index (κ3) is 5.12. The molecule has 0 aliphatic rings. The molecule has 0 aromatic heterocycles. The first-order chi connectivity index (χ1) is 9.19. The number of rotatable bonds is 7. The largest absolute Gasteiger partial charge is 0.463 e. The number of hydrogen-bond donors (Lipinski definition) is 0. The van der Waals surface area contributed by atoms with E-state index in [9.17, 15) is 9.59 Å². The Bertz CT molecular complexity index is 400. The van der Waals surface area contributed by atoms with Gasteiger partial charge in [-0.25, -0.2) is 4.79 Å². The van der Waals surface area contributed by atoms with Crippen LogP contribution in [0.15, 0.2) is 30.3 Å². The van der Waals surface area contributed by atoms with Gasteiger partial charge in [0.25, 0.3) is 0 Å². The minimum atomic E-state index is -0.967. The van der Waals surface area contributed by atoms with Gasteiger partial charge in [0, 0.05) is 12.0 Å². The van der Waals surface area contributed by atoms with Crippen molar-refractivity contribution < 1.29 is 19.1 Å². The van der Waals surface area contributed by atoms with Crippen molar-refractivity contribution in [2.45, 2.75) is 39.2 Å². The van der Waals surface area contributed by atoms with Crippen LogP contribution in [0.4, 0.5) is 0 Å². The van der Waals surface area contributed by atoms with Crippen LogP contribution < -0.4 is 0 Å². The summed E-state index contributed by atoms with van der Waals surface area (Å²) in [6.07, 6.45) is 1.00. The summed E-state index contributed by atoms with van der Waals surface area (Å²) in [7, 11) is 0. The third-order valence-electron chi connectivity index (χ3n) is 2.60. The molecule has 0 amide bonds. The quantitative estimate of drug-likeness (QED) is 0.561. The summed E-state index contributed by atoms with van der Waals surface area (Å²) in [6, 6.07) is 8.91. The molecule has 4 nitrogen and oxygen atoms in total. The topological polar surface area (TPSA) is 52.6 Å². The van der Waals surface area contributed by atoms with Gasteiger partial charge in [-0.3, -0.25) is 4.79 Å². The van der Waals surface area contributed by atoms with Crippen molar-refractivity contribution >= 4 is 11.9 Å². The summed E-state index contributed by atoms with van der Waals surface area (Å²) >= 11 is 0. The summed E-state index contributed by atoms with van der Waals surface area (Å²) < 4.78 is 10.3. The van der Waals surface area contributed by atoms with E-state index < -0.39 is 18.0 Å². The second-order valence-corrected chi connectivity index (χ2v) is 4.16. The highest BCUT2D eigenvalue weighted by Crippen LogP contribution is 2.19. The lowest BCUT2D eigenvalue weighted by molar-refractivity contribution is -0.168. The zero-order valence-electron chi connectivity index (χ0n) is 11.4. The van der Waals surface area contributed by atoms with Gasteiger partial charge in [0.05, 0.1) is 6.61 Å². The molecule has 0 bridgehead atoms. The van der Waals surface area contributed by atoms with Gasteiger partial charge in [0.1, 0.15) is 0 Å². The average Bonchev–Trinajstić information content (AvgIpc) is 2.45. The molecule has 104 valence electrons. The highest BCUT2D eigenvalue weighted by atomic mass is 16.6. The molecule has 0 spiro atoms. The Morgan fingerprint density at radius 2 is 1.84 bits per heavy atom. The summed E-state index contributed by atoms with van der Waals surface area (Å²) in [4.78, 5) is 23.4. The number of hydrogen-bond acceptors (Lipinski definition) is 4. The molecule has 0 N–H and O–H groups in total. The molecule has 0 radical (unpaired) electrons. The van der Waals surface area contributed by atoms with E-state index in [-0.39, 0.29) is 6.42 Å². The van der Waals surface area contributed by atoms with Gasteiger partial charge in [-0.05, 0) is 6.42 Å². The van der Waals surface area contributed by atoms with Crippen molar-refractivity contribution in [3.63, 3.8) is 0 Å². The number of carbonyl (C=O) groups is 2. The van der Waals surface area contributed by atoms with E-state index in [2.05, 4.69) is 0 Å². The summed E-state index contributed by atoms with van der Waals surface area (Å²) in [6.45, 7) is 4.05. The number of esters is 2. The molecule has 0 aliphatic heterocycles. The monoisotopic (exact) mass is 264 g/mol. The molecule has 0 saturated carbocycles. The van der Waals surface area contributed by atoms with Gasteiger partial charge in [-0.1, -0.05) is 50.6 Å². The molecular weight excluding hydrogens is 244 g/mol. The van der Waals surface area contributed by atoms with Gasteiger partial charge in [0.15, 0.2) is 0 Å². The van der Waals surface area contributed by atoms with Crippen molar-refractivity contribution in [2.75, 3.05) is 6.61 Å². The fourth-order valence-electron chi connectivity index (χ4n) is 1.49. The van der Waals surface area contributed by atoms with Crippen molar-refractivity contribution in [1.29, 1.82) is 0 Å². The number of benzene rings is 1. The second kappa shape index (κ2) is 8.29. The van der Waals surface area contributed by atoms with Crippen molar-refractivity contribution in [1.82, 2.24) is 0 Å². The number of unbranched alkanes of at least 4 members (excludes halogenated alkanes) is 1. The zero-order chi connectivity index (χ0) is 14.1. The predicted molar refractivity (Wildman–Crippen MR) is 71.4 cm³/mol. The average molecular weight is 264 g/mol. The molecule has 1 rings (SSSR count). The van der Waals surface area contributed by atoms with Crippen LogP contribution in [-0.2, 0) is 19.1 Å². The molecule has 4 heteroatoms. The molecule has 0 heterocycles. The van der Waals surface area contributed by atoms with Crippen LogP contribution in [0.5, 0.6) is 0 Å². The Morgan fingerprint density at radius 1 is 1.16 bits per heavy atom. The zero-order valence-corrected chi connectivity index (χ0v) is 11.4. The molecule has 1 unspecified atom stereocenters. The van der Waals surface area contributed by atoms with Crippen molar-refractivity contribution in [2.24, 2.45) is 0 Å². The molecule has 19 heavy (non-hydrogen) atoms. The lowest BCUT2D eigenvalue weighted by Gasteiger charge is -2.16. The van der Waals surface area contributed by atoms with E-state index in [0.29, 0.717) is 12.2 Å². The van der Waals surface area contributed by atoms with Crippen LogP contribution in [-0.4, -0.2) is 18.5 Å². The standard InChI is InChI=1S/C15H20O4/c1-3-5-11-18-15(17)14(19-13(16)4-2)12-9-7-6-8-10-12/h6-10,14H,3-5,11H2,1-2H3. The fraction of sp³-hybridized carbons (Fsp3) is 0.467. The molecule has 0 fully saturated rings. The first-order valence-corrected chi connectivity index (χ1v) is 6.60. The third-order valence-corrected chi connectivity index (χ3v) is 2.60. The van der Waals surface area contributed by atoms with E-state index in [1.54, 1.807) is 31.2 Å². The molecular formula is C15H20O4. The maximum atomic E-state index is 12.0. The first-order valence-electron chi connectivity index (χ1n) is 6.60. The maximum absolute atomic E-state index is 12.0. The highest BCUT2D eigenvalue weighted by molar-refractivity contribution is 5.80. The van der Waals surface area contributed by atoms with Gasteiger partial charge < -0.3 is 9.47 Å². The van der Waals surface area contributed by atoms with Crippen molar-refractivity contribution in [3.05, 3.63) is 35.9 Å². The number of carbonyl (C=O) groups excluding carboxylic acids is 2. The van der Waals surface area contributed by atoms with Gasteiger partial charge in [-0.2, -0.15) is 0 Å². The summed E-state index contributed by atoms with van der Waals surface area (Å²) in [5, 5.41) is 0. The summed E-state index contributed by atoms with van der Waals surface area (Å²) in [5.41, 5.74) is 0.630. The molecule has 1 atom stereocenters. The Kier molecular flexibility index (Phi) is 6.64. The van der Waals surface area contributed by atoms with E-state index >= 15 is 0 Å². The molecule has 1 aromatic rings. The van der Waals surface area contributed by atoms with E-state index in [4.69, 9.17) is 9.47 Å². The Balaban J connectivity index is 2.74. The SMILES string of the molecule is CCCCOC(=O)C(OC(=O)CC)c1ccccc1. The lowest BCUT2D eigenvalue weighted by Crippen LogP contribution is -2.22. The van der Waals surface area contributed by atoms with Crippen LogP contribution in [0.3, 0.4) is 0 Å². The van der Waals surface area contributed by atoms with Crippen LogP contribution in [0, 0.1) is 0 Å². The van der Waals surface area contributed by atoms with E-state index in [0.717, 1.165) is 12.8 Å². The van der Waals surface area contributed by atoms with Crippen LogP contribution >= 0.6 is 0 Å². The van der Waals surface area contributed by atoms with Crippen LogP contribution in [0.1, 0.15) is 44.8 Å². The Morgan fingerprint density at radius 3 is 2.42 bits per heavy atom. The van der Waals surface area contributed by atoms with Crippen molar-refractivity contribution in [3.8, 4) is 0 Å². The second-order valence-electron chi connectivity index (χ2n) is 4.16. The minimum absolute atomic E-state index is 0.228. The van der Waals surface area contributed by atoms with Gasteiger partial charge >= 0.3 is 11.9 Å². The van der Waals surface area contributed by atoms with Crippen LogP contribution in [0.2, 0.25) is 0 Å². The molecule has 0 saturated heterocycles. The fourth-order valence-corrected chi connectivity index (χ4v) is 1.49.